The maximum atomic E-state index is 12.5. The van der Waals surface area contributed by atoms with Crippen LogP contribution in [0.4, 0.5) is 8.78 Å². The number of hydrogen-bond acceptors (Lipinski definition) is 2. The van der Waals surface area contributed by atoms with Crippen LogP contribution in [0.2, 0.25) is 0 Å². The Bertz CT molecular complexity index is 304. The molecule has 1 heterocycles. The van der Waals surface area contributed by atoms with Crippen LogP contribution in [0.5, 0.6) is 0 Å². The summed E-state index contributed by atoms with van der Waals surface area (Å²) < 4.78 is 26.5. The van der Waals surface area contributed by atoms with Gasteiger partial charge in [-0.1, -0.05) is 0 Å². The first-order chi connectivity index (χ1) is 5.85. The largest absolute Gasteiger partial charge is 0.317 e. The molecule has 0 aliphatic carbocycles. The molecule has 3 nitrogen and oxygen atoms in total. The van der Waals surface area contributed by atoms with E-state index in [0.29, 0.717) is 11.3 Å². The smallest absolute Gasteiger partial charge is 0.260 e. The van der Waals surface area contributed by atoms with Crippen molar-refractivity contribution >= 4 is 0 Å². The molecule has 0 saturated carbocycles. The van der Waals surface area contributed by atoms with E-state index in [0.717, 1.165) is 0 Å². The van der Waals surface area contributed by atoms with Crippen molar-refractivity contribution in [3.05, 3.63) is 17.5 Å². The minimum atomic E-state index is -2.59. The Morgan fingerprint density at radius 2 is 2.15 bits per heavy atom. The Hall–Kier alpha value is -0.970. The predicted molar refractivity (Wildman–Crippen MR) is 45.5 cm³/mol. The fourth-order valence-corrected chi connectivity index (χ4v) is 1.25. The second kappa shape index (κ2) is 3.06. The Kier molecular flexibility index (Phi) is 2.38. The molecule has 0 bridgehead atoms. The molecule has 0 radical (unpaired) electrons. The van der Waals surface area contributed by atoms with Gasteiger partial charge >= 0.3 is 0 Å². The van der Waals surface area contributed by atoms with Crippen molar-refractivity contribution in [1.29, 1.82) is 0 Å². The molecule has 0 aliphatic heterocycles. The summed E-state index contributed by atoms with van der Waals surface area (Å²) in [5.41, 5.74) is 4.82. The Balaban J connectivity index is 3.13. The standard InChI is InChI=1S/C8H13F2N3/c1-5-6(4-13(3)12-5)8(2,11)7(9)10/h4,7H,11H2,1-3H3. The van der Waals surface area contributed by atoms with E-state index in [-0.39, 0.29) is 0 Å². The molecule has 0 aromatic carbocycles. The van der Waals surface area contributed by atoms with E-state index in [2.05, 4.69) is 5.10 Å². The van der Waals surface area contributed by atoms with E-state index >= 15 is 0 Å². The minimum absolute atomic E-state index is 0.394. The molecule has 1 aromatic heterocycles. The van der Waals surface area contributed by atoms with Gasteiger partial charge in [-0.3, -0.25) is 4.68 Å². The van der Waals surface area contributed by atoms with Gasteiger partial charge in [0.15, 0.2) is 0 Å². The quantitative estimate of drug-likeness (QED) is 0.758. The zero-order valence-corrected chi connectivity index (χ0v) is 7.88. The molecule has 0 saturated heterocycles. The maximum absolute atomic E-state index is 12.5. The number of rotatable bonds is 2. The number of aromatic nitrogens is 2. The van der Waals surface area contributed by atoms with E-state index in [9.17, 15) is 8.78 Å². The molecule has 13 heavy (non-hydrogen) atoms. The third-order valence-electron chi connectivity index (χ3n) is 2.05. The van der Waals surface area contributed by atoms with E-state index in [4.69, 9.17) is 5.73 Å². The van der Waals surface area contributed by atoms with E-state index in [1.165, 1.54) is 17.8 Å². The average Bonchev–Trinajstić information content (AvgIpc) is 2.30. The SMILES string of the molecule is Cc1nn(C)cc1C(C)(N)C(F)F. The Morgan fingerprint density at radius 3 is 2.46 bits per heavy atom. The van der Waals surface area contributed by atoms with Crippen LogP contribution in [-0.4, -0.2) is 16.2 Å². The number of nitrogens with two attached hydrogens (primary N) is 1. The van der Waals surface area contributed by atoms with Gasteiger partial charge in [0, 0.05) is 18.8 Å². The van der Waals surface area contributed by atoms with Crippen molar-refractivity contribution < 1.29 is 8.78 Å². The van der Waals surface area contributed by atoms with Crippen molar-refractivity contribution in [2.45, 2.75) is 25.8 Å². The van der Waals surface area contributed by atoms with Crippen LogP contribution < -0.4 is 5.73 Å². The highest BCUT2D eigenvalue weighted by atomic mass is 19.3. The normalized spacial score (nSPS) is 16.2. The third kappa shape index (κ3) is 1.70. The first-order valence-electron chi connectivity index (χ1n) is 3.93. The second-order valence-electron chi connectivity index (χ2n) is 3.39. The topological polar surface area (TPSA) is 43.8 Å². The van der Waals surface area contributed by atoms with Gasteiger partial charge in [-0.05, 0) is 13.8 Å². The molecule has 0 fully saturated rings. The molecule has 2 N–H and O–H groups in total. The molecule has 1 aromatic rings. The fraction of sp³-hybridized carbons (Fsp3) is 0.625. The lowest BCUT2D eigenvalue weighted by Crippen LogP contribution is -2.40. The summed E-state index contributed by atoms with van der Waals surface area (Å²) in [6, 6.07) is 0. The van der Waals surface area contributed by atoms with Gasteiger partial charge in [0.25, 0.3) is 6.43 Å². The van der Waals surface area contributed by atoms with Crippen LogP contribution in [0.25, 0.3) is 0 Å². The van der Waals surface area contributed by atoms with Gasteiger partial charge in [0.1, 0.15) is 5.54 Å². The van der Waals surface area contributed by atoms with E-state index in [1.54, 1.807) is 14.0 Å². The molecule has 74 valence electrons. The molecule has 5 heteroatoms. The molecule has 1 atom stereocenters. The summed E-state index contributed by atoms with van der Waals surface area (Å²) in [5.74, 6) is 0. The van der Waals surface area contributed by atoms with Crippen molar-refractivity contribution in [2.24, 2.45) is 12.8 Å². The summed E-state index contributed by atoms with van der Waals surface area (Å²) >= 11 is 0. The van der Waals surface area contributed by atoms with Crippen LogP contribution in [0.1, 0.15) is 18.2 Å². The third-order valence-corrected chi connectivity index (χ3v) is 2.05. The molecular formula is C8H13F2N3. The van der Waals surface area contributed by atoms with Gasteiger partial charge in [-0.2, -0.15) is 5.10 Å². The molecular weight excluding hydrogens is 176 g/mol. The van der Waals surface area contributed by atoms with Crippen LogP contribution >= 0.6 is 0 Å². The minimum Gasteiger partial charge on any atom is -0.317 e. The number of halogens is 2. The number of hydrogen-bond donors (Lipinski definition) is 1. The monoisotopic (exact) mass is 189 g/mol. The summed E-state index contributed by atoms with van der Waals surface area (Å²) in [4.78, 5) is 0. The van der Waals surface area contributed by atoms with Gasteiger partial charge in [0.05, 0.1) is 5.69 Å². The number of alkyl halides is 2. The van der Waals surface area contributed by atoms with Gasteiger partial charge < -0.3 is 5.73 Å². The number of nitrogens with zero attached hydrogens (tertiary/aromatic N) is 2. The fourth-order valence-electron chi connectivity index (χ4n) is 1.25. The van der Waals surface area contributed by atoms with Gasteiger partial charge in [-0.25, -0.2) is 8.78 Å². The first-order valence-corrected chi connectivity index (χ1v) is 3.93. The Labute approximate surface area is 75.5 Å². The highest BCUT2D eigenvalue weighted by Crippen LogP contribution is 2.26. The second-order valence-corrected chi connectivity index (χ2v) is 3.39. The molecule has 0 spiro atoms. The van der Waals surface area contributed by atoms with Crippen LogP contribution in [0, 0.1) is 6.92 Å². The zero-order valence-electron chi connectivity index (χ0n) is 7.88. The van der Waals surface area contributed by atoms with Crippen LogP contribution in [0.15, 0.2) is 6.20 Å². The van der Waals surface area contributed by atoms with Crippen molar-refractivity contribution in [3.63, 3.8) is 0 Å². The first kappa shape index (κ1) is 10.1. The highest BCUT2D eigenvalue weighted by molar-refractivity contribution is 5.25. The van der Waals surface area contributed by atoms with Crippen molar-refractivity contribution in [2.75, 3.05) is 0 Å². The Morgan fingerprint density at radius 1 is 1.62 bits per heavy atom. The lowest BCUT2D eigenvalue weighted by Gasteiger charge is -2.22. The van der Waals surface area contributed by atoms with E-state index < -0.39 is 12.0 Å². The summed E-state index contributed by atoms with van der Waals surface area (Å²) in [6.07, 6.45) is -1.06. The van der Waals surface area contributed by atoms with E-state index in [1.807, 2.05) is 0 Å². The maximum Gasteiger partial charge on any atom is 0.260 e. The zero-order chi connectivity index (χ0) is 10.2. The van der Waals surface area contributed by atoms with Crippen molar-refractivity contribution in [3.8, 4) is 0 Å². The lowest BCUT2D eigenvalue weighted by molar-refractivity contribution is 0.0621. The average molecular weight is 189 g/mol. The predicted octanol–water partition coefficient (Wildman–Crippen LogP) is 1.17. The van der Waals surface area contributed by atoms with Crippen LogP contribution in [-0.2, 0) is 12.6 Å². The number of aryl methyl sites for hydroxylation is 2. The highest BCUT2D eigenvalue weighted by Gasteiger charge is 2.35. The molecule has 1 rings (SSSR count). The lowest BCUT2D eigenvalue weighted by atomic mass is 9.95. The summed E-state index contributed by atoms with van der Waals surface area (Å²) in [7, 11) is 1.68. The van der Waals surface area contributed by atoms with Gasteiger partial charge in [-0.15, -0.1) is 0 Å². The molecule has 1 unspecified atom stereocenters. The van der Waals surface area contributed by atoms with Crippen LogP contribution in [0.3, 0.4) is 0 Å². The molecule has 0 aliphatic rings. The van der Waals surface area contributed by atoms with Crippen molar-refractivity contribution in [1.82, 2.24) is 9.78 Å². The molecule has 0 amide bonds. The van der Waals surface area contributed by atoms with Gasteiger partial charge in [0.2, 0.25) is 0 Å². The summed E-state index contributed by atoms with van der Waals surface area (Å²) in [5, 5.41) is 3.96. The summed E-state index contributed by atoms with van der Waals surface area (Å²) in [6.45, 7) is 2.98.